The van der Waals surface area contributed by atoms with Gasteiger partial charge in [-0.25, -0.2) is 8.42 Å². The molecule has 0 spiro atoms. The normalized spacial score (nSPS) is 20.5. The lowest BCUT2D eigenvalue weighted by Gasteiger charge is -2.35. The summed E-state index contributed by atoms with van der Waals surface area (Å²) >= 11 is 5.98. The third-order valence-electron chi connectivity index (χ3n) is 8.30. The zero-order chi connectivity index (χ0) is 34.1. The Hall–Kier alpha value is -3.48. The minimum atomic E-state index is -3.84. The van der Waals surface area contributed by atoms with Crippen molar-refractivity contribution in [2.24, 2.45) is 5.92 Å². The van der Waals surface area contributed by atoms with Crippen LogP contribution in [0.5, 0.6) is 5.75 Å². The van der Waals surface area contributed by atoms with Crippen molar-refractivity contribution in [3.8, 4) is 5.75 Å². The van der Waals surface area contributed by atoms with E-state index < -0.39 is 28.1 Å². The molecule has 1 heterocycles. The SMILES string of the molecule is C[C@@H]1CCCCO[C@H](CN(C)S(=O)(=O)c2ccc(Cl)cc2)[C@H](C)CN([C@@H](C)CO)C(=O)c2cc(NC(=O)c3ccccc3)ccc2O1. The van der Waals surface area contributed by atoms with E-state index in [4.69, 9.17) is 21.1 Å². The summed E-state index contributed by atoms with van der Waals surface area (Å²) in [5.74, 6) is -0.668. The number of nitrogens with one attached hydrogen (secondary N) is 1. The highest BCUT2D eigenvalue weighted by Crippen LogP contribution is 2.29. The van der Waals surface area contributed by atoms with Gasteiger partial charge >= 0.3 is 0 Å². The second kappa shape index (κ2) is 16.6. The topological polar surface area (TPSA) is 125 Å². The van der Waals surface area contributed by atoms with E-state index in [-0.39, 0.29) is 48.1 Å². The smallest absolute Gasteiger partial charge is 0.258 e. The number of carbonyl (C=O) groups is 2. The van der Waals surface area contributed by atoms with E-state index in [0.29, 0.717) is 35.1 Å². The van der Waals surface area contributed by atoms with Gasteiger partial charge in [0.1, 0.15) is 5.75 Å². The minimum absolute atomic E-state index is 0.0490. The number of rotatable bonds is 8. The number of aliphatic hydroxyl groups excluding tert-OH is 1. The Morgan fingerprint density at radius 1 is 1.09 bits per heavy atom. The fraction of sp³-hybridized carbons (Fsp3) is 0.429. The van der Waals surface area contributed by atoms with Crippen LogP contribution in [0, 0.1) is 5.92 Å². The number of fused-ring (bicyclic) bond motifs is 1. The molecular formula is C35H44ClN3O7S. The molecule has 3 aromatic carbocycles. The van der Waals surface area contributed by atoms with E-state index in [1.165, 1.54) is 35.6 Å². The van der Waals surface area contributed by atoms with Crippen LogP contribution in [0.4, 0.5) is 5.69 Å². The highest BCUT2D eigenvalue weighted by Gasteiger charge is 2.32. The monoisotopic (exact) mass is 685 g/mol. The van der Waals surface area contributed by atoms with Gasteiger partial charge in [-0.1, -0.05) is 36.7 Å². The second-order valence-electron chi connectivity index (χ2n) is 12.1. The number of ether oxygens (including phenoxy) is 2. The lowest BCUT2D eigenvalue weighted by atomic mass is 10.0. The van der Waals surface area contributed by atoms with Crippen LogP contribution in [0.1, 0.15) is 60.7 Å². The number of hydrogen-bond donors (Lipinski definition) is 2. The van der Waals surface area contributed by atoms with Crippen molar-refractivity contribution in [3.63, 3.8) is 0 Å². The van der Waals surface area contributed by atoms with Crippen molar-refractivity contribution in [2.75, 3.05) is 38.7 Å². The van der Waals surface area contributed by atoms with Gasteiger partial charge in [-0.15, -0.1) is 0 Å². The van der Waals surface area contributed by atoms with Crippen LogP contribution in [0.15, 0.2) is 77.7 Å². The third kappa shape index (κ3) is 9.55. The van der Waals surface area contributed by atoms with Crippen molar-refractivity contribution in [3.05, 3.63) is 88.9 Å². The highest BCUT2D eigenvalue weighted by atomic mass is 35.5. The van der Waals surface area contributed by atoms with Crippen molar-refractivity contribution in [1.82, 2.24) is 9.21 Å². The van der Waals surface area contributed by atoms with Crippen LogP contribution in [0.3, 0.4) is 0 Å². The number of aliphatic hydroxyl groups is 1. The summed E-state index contributed by atoms with van der Waals surface area (Å²) < 4.78 is 40.7. The van der Waals surface area contributed by atoms with Gasteiger partial charge in [0.2, 0.25) is 10.0 Å². The van der Waals surface area contributed by atoms with E-state index in [2.05, 4.69) is 5.32 Å². The summed E-state index contributed by atoms with van der Waals surface area (Å²) in [4.78, 5) is 28.9. The second-order valence-corrected chi connectivity index (χ2v) is 14.6. The Labute approximate surface area is 282 Å². The molecule has 0 saturated carbocycles. The molecule has 2 amide bonds. The number of likely N-dealkylation sites (N-methyl/N-ethyl adjacent to an activating group) is 1. The fourth-order valence-electron chi connectivity index (χ4n) is 5.39. The molecule has 0 bridgehead atoms. The average Bonchev–Trinajstić information content (AvgIpc) is 3.06. The number of benzene rings is 3. The van der Waals surface area contributed by atoms with Crippen LogP contribution >= 0.6 is 11.6 Å². The van der Waals surface area contributed by atoms with Crippen LogP contribution < -0.4 is 10.1 Å². The lowest BCUT2D eigenvalue weighted by Crippen LogP contribution is -2.48. The number of sulfonamides is 1. The Balaban J connectivity index is 1.65. The maximum absolute atomic E-state index is 14.3. The maximum Gasteiger partial charge on any atom is 0.258 e. The Kier molecular flexibility index (Phi) is 12.8. The lowest BCUT2D eigenvalue weighted by molar-refractivity contribution is -0.00834. The molecule has 254 valence electrons. The first-order valence-corrected chi connectivity index (χ1v) is 17.6. The van der Waals surface area contributed by atoms with Gasteiger partial charge in [0.25, 0.3) is 11.8 Å². The summed E-state index contributed by atoms with van der Waals surface area (Å²) in [6, 6.07) is 19.2. The fourth-order valence-corrected chi connectivity index (χ4v) is 6.70. The number of halogens is 1. The van der Waals surface area contributed by atoms with Crippen molar-refractivity contribution in [1.29, 1.82) is 0 Å². The largest absolute Gasteiger partial charge is 0.490 e. The molecular weight excluding hydrogens is 642 g/mol. The minimum Gasteiger partial charge on any atom is -0.490 e. The zero-order valence-corrected chi connectivity index (χ0v) is 28.8. The Morgan fingerprint density at radius 3 is 2.47 bits per heavy atom. The van der Waals surface area contributed by atoms with Crippen LogP contribution in [-0.4, -0.2) is 86.1 Å². The molecule has 12 heteroatoms. The Bertz CT molecular complexity index is 1610. The molecule has 2 N–H and O–H groups in total. The molecule has 0 fully saturated rings. The summed E-state index contributed by atoms with van der Waals surface area (Å²) in [5.41, 5.74) is 1.14. The van der Waals surface area contributed by atoms with Gasteiger partial charge < -0.3 is 24.8 Å². The van der Waals surface area contributed by atoms with Crippen molar-refractivity contribution in [2.45, 2.75) is 63.2 Å². The van der Waals surface area contributed by atoms with E-state index >= 15 is 0 Å². The summed E-state index contributed by atoms with van der Waals surface area (Å²) in [6.45, 7) is 5.89. The van der Waals surface area contributed by atoms with E-state index in [1.54, 1.807) is 54.3 Å². The third-order valence-corrected chi connectivity index (χ3v) is 10.4. The molecule has 1 aliphatic heterocycles. The van der Waals surface area contributed by atoms with Gasteiger partial charge in [-0.3, -0.25) is 9.59 Å². The van der Waals surface area contributed by atoms with E-state index in [0.717, 1.165) is 12.8 Å². The van der Waals surface area contributed by atoms with E-state index in [1.807, 2.05) is 19.9 Å². The van der Waals surface area contributed by atoms with Crippen molar-refractivity contribution < 1.29 is 32.6 Å². The molecule has 1 aliphatic rings. The molecule has 0 unspecified atom stereocenters. The highest BCUT2D eigenvalue weighted by molar-refractivity contribution is 7.89. The molecule has 0 aromatic heterocycles. The molecule has 10 nitrogen and oxygen atoms in total. The number of hydrogen-bond acceptors (Lipinski definition) is 7. The first-order chi connectivity index (χ1) is 22.4. The zero-order valence-electron chi connectivity index (χ0n) is 27.3. The van der Waals surface area contributed by atoms with Crippen LogP contribution in [0.25, 0.3) is 0 Å². The van der Waals surface area contributed by atoms with E-state index in [9.17, 15) is 23.1 Å². The van der Waals surface area contributed by atoms with Gasteiger partial charge in [0.15, 0.2) is 0 Å². The van der Waals surface area contributed by atoms with Crippen LogP contribution in [-0.2, 0) is 14.8 Å². The average molecular weight is 686 g/mol. The maximum atomic E-state index is 14.3. The van der Waals surface area contributed by atoms with Gasteiger partial charge in [0, 0.05) is 48.9 Å². The van der Waals surface area contributed by atoms with Crippen molar-refractivity contribution >= 4 is 39.1 Å². The number of amides is 2. The molecule has 0 radical (unpaired) electrons. The summed E-state index contributed by atoms with van der Waals surface area (Å²) in [5, 5.41) is 13.5. The Morgan fingerprint density at radius 2 is 1.79 bits per heavy atom. The summed E-state index contributed by atoms with van der Waals surface area (Å²) in [6.07, 6.45) is 1.45. The quantitative estimate of drug-likeness (QED) is 0.311. The predicted octanol–water partition coefficient (Wildman–Crippen LogP) is 5.71. The predicted molar refractivity (Wildman–Crippen MR) is 183 cm³/mol. The molecule has 4 rings (SSSR count). The summed E-state index contributed by atoms with van der Waals surface area (Å²) in [7, 11) is -2.34. The molecule has 0 saturated heterocycles. The molecule has 4 atom stereocenters. The number of carbonyl (C=O) groups excluding carboxylic acids is 2. The van der Waals surface area contributed by atoms with Gasteiger partial charge in [-0.05, 0) is 87.7 Å². The van der Waals surface area contributed by atoms with Gasteiger partial charge in [0.05, 0.1) is 35.3 Å². The molecule has 0 aliphatic carbocycles. The standard InChI is InChI=1S/C35H44ClN3O7S/c1-24-21-39(25(2)23-40)35(42)31-20-29(37-34(41)27-11-6-5-7-12-27)15-18-32(31)46-26(3)10-8-9-19-45-33(24)22-38(4)47(43,44)30-16-13-28(36)14-17-30/h5-7,11-18,20,24-26,33,40H,8-10,19,21-23H2,1-4H3,(H,37,41)/t24-,25+,26-,33-/m1/s1. The first-order valence-electron chi connectivity index (χ1n) is 15.8. The molecule has 3 aromatic rings. The number of nitrogens with zero attached hydrogens (tertiary/aromatic N) is 2. The molecule has 47 heavy (non-hydrogen) atoms. The number of anilines is 1. The first kappa shape index (κ1) is 36.4. The van der Waals surface area contributed by atoms with Crippen LogP contribution in [0.2, 0.25) is 5.02 Å². The van der Waals surface area contributed by atoms with Gasteiger partial charge in [-0.2, -0.15) is 4.31 Å².